The number of fused-ring (bicyclic) bond motifs is 1. The number of amides is 2. The number of halogens is 1. The van der Waals surface area contributed by atoms with Crippen molar-refractivity contribution in [3.8, 4) is 0 Å². The van der Waals surface area contributed by atoms with Crippen molar-refractivity contribution in [1.82, 2.24) is 0 Å². The third-order valence-corrected chi connectivity index (χ3v) is 4.02. The summed E-state index contributed by atoms with van der Waals surface area (Å²) in [6, 6.07) is 6.47. The van der Waals surface area contributed by atoms with Gasteiger partial charge in [-0.1, -0.05) is 0 Å². The number of hydrogen-bond donors (Lipinski definition) is 0. The van der Waals surface area contributed by atoms with Crippen LogP contribution in [0, 0.1) is 9.49 Å². The largest absolute Gasteiger partial charge is 0.274 e. The van der Waals surface area contributed by atoms with Gasteiger partial charge in [-0.3, -0.25) is 9.59 Å². The summed E-state index contributed by atoms with van der Waals surface area (Å²) < 4.78 is 1.06. The molecule has 1 saturated heterocycles. The predicted molar refractivity (Wildman–Crippen MR) is 73.2 cm³/mol. The Labute approximate surface area is 117 Å². The highest BCUT2D eigenvalue weighted by Crippen LogP contribution is 2.35. The molecule has 0 bridgehead atoms. The van der Waals surface area contributed by atoms with E-state index in [2.05, 4.69) is 32.8 Å². The molecule has 2 aliphatic heterocycles. The van der Waals surface area contributed by atoms with Crippen LogP contribution in [0.25, 0.3) is 0 Å². The Hall–Kier alpha value is -1.31. The maximum absolute atomic E-state index is 12.3. The van der Waals surface area contributed by atoms with Crippen LogP contribution in [0.1, 0.15) is 6.92 Å². The second kappa shape index (κ2) is 4.11. The van der Waals surface area contributed by atoms with E-state index in [1.54, 1.807) is 12.1 Å². The molecule has 0 saturated carbocycles. The van der Waals surface area contributed by atoms with Crippen LogP contribution in [0.2, 0.25) is 0 Å². The van der Waals surface area contributed by atoms with Gasteiger partial charge in [-0.15, -0.1) is 0 Å². The van der Waals surface area contributed by atoms with Gasteiger partial charge in [0.05, 0.1) is 17.6 Å². The molecule has 1 aromatic rings. The number of imide groups is 1. The summed E-state index contributed by atoms with van der Waals surface area (Å²) in [7, 11) is 0. The maximum Gasteiger partial charge on any atom is 0.261 e. The molecular weight excluding hydrogens is 345 g/mol. The van der Waals surface area contributed by atoms with Gasteiger partial charge < -0.3 is 0 Å². The predicted octanol–water partition coefficient (Wildman–Crippen LogP) is 2.00. The minimum Gasteiger partial charge on any atom is -0.274 e. The van der Waals surface area contributed by atoms with E-state index >= 15 is 0 Å². The minimum absolute atomic E-state index is 0.191. The van der Waals surface area contributed by atoms with E-state index in [1.165, 1.54) is 4.90 Å². The summed E-state index contributed by atoms with van der Waals surface area (Å²) in [5, 5.41) is 7.83. The number of benzene rings is 1. The average Bonchev–Trinajstić information content (AvgIpc) is 2.83. The Bertz CT molecular complexity index is 555. The molecule has 5 nitrogen and oxygen atoms in total. The van der Waals surface area contributed by atoms with Gasteiger partial charge in [0, 0.05) is 3.57 Å². The first kappa shape index (κ1) is 11.8. The second-order valence-electron chi connectivity index (χ2n) is 4.43. The molecule has 1 fully saturated rings. The van der Waals surface area contributed by atoms with E-state index in [-0.39, 0.29) is 17.9 Å². The molecule has 0 radical (unpaired) electrons. The number of rotatable bonds is 1. The van der Waals surface area contributed by atoms with Crippen LogP contribution in [0.5, 0.6) is 0 Å². The summed E-state index contributed by atoms with van der Waals surface area (Å²) >= 11 is 2.18. The maximum atomic E-state index is 12.3. The van der Waals surface area contributed by atoms with Crippen molar-refractivity contribution in [2.45, 2.75) is 19.0 Å². The van der Waals surface area contributed by atoms with Crippen LogP contribution in [0.4, 0.5) is 5.69 Å². The summed E-state index contributed by atoms with van der Waals surface area (Å²) in [6.45, 7) is 1.82. The van der Waals surface area contributed by atoms with Crippen LogP contribution in [-0.4, -0.2) is 23.9 Å². The molecule has 3 rings (SSSR count). The van der Waals surface area contributed by atoms with E-state index in [0.717, 1.165) is 3.57 Å². The van der Waals surface area contributed by atoms with Crippen LogP contribution in [0.3, 0.4) is 0 Å². The summed E-state index contributed by atoms with van der Waals surface area (Å²) in [6.07, 6.45) is 0. The lowest BCUT2D eigenvalue weighted by Gasteiger charge is -2.15. The molecule has 0 aliphatic carbocycles. The van der Waals surface area contributed by atoms with Crippen molar-refractivity contribution >= 4 is 40.1 Å². The number of hydrogen-bond acceptors (Lipinski definition) is 4. The second-order valence-corrected chi connectivity index (χ2v) is 5.68. The molecule has 2 aliphatic rings. The molecule has 0 spiro atoms. The molecule has 2 amide bonds. The Morgan fingerprint density at radius 2 is 1.78 bits per heavy atom. The molecule has 0 N–H and O–H groups in total. The number of azo groups is 1. The SMILES string of the molecule is CC1N=NC2C(=O)N(c3ccc(I)cc3)C(=O)C12. The fraction of sp³-hybridized carbons (Fsp3) is 0.333. The van der Waals surface area contributed by atoms with Crippen LogP contribution < -0.4 is 4.90 Å². The topological polar surface area (TPSA) is 62.1 Å². The monoisotopic (exact) mass is 355 g/mol. The number of carbonyl (C=O) groups is 2. The van der Waals surface area contributed by atoms with E-state index in [0.29, 0.717) is 5.69 Å². The van der Waals surface area contributed by atoms with Crippen molar-refractivity contribution in [3.63, 3.8) is 0 Å². The van der Waals surface area contributed by atoms with Crippen molar-refractivity contribution in [2.75, 3.05) is 4.90 Å². The molecule has 2 heterocycles. The van der Waals surface area contributed by atoms with Crippen LogP contribution in [-0.2, 0) is 9.59 Å². The van der Waals surface area contributed by atoms with E-state index in [1.807, 2.05) is 19.1 Å². The molecule has 3 atom stereocenters. The quantitative estimate of drug-likeness (QED) is 0.572. The number of carbonyl (C=O) groups excluding carboxylic acids is 2. The van der Waals surface area contributed by atoms with E-state index < -0.39 is 12.0 Å². The normalized spacial score (nSPS) is 30.1. The lowest BCUT2D eigenvalue weighted by Crippen LogP contribution is -2.32. The zero-order valence-electron chi connectivity index (χ0n) is 9.58. The number of anilines is 1. The standard InChI is InChI=1S/C12H10IN3O2/c1-6-9-10(15-14-6)12(18)16(11(9)17)8-4-2-7(13)3-5-8/h2-6,9-10H,1H3. The molecule has 0 aromatic heterocycles. The van der Waals surface area contributed by atoms with Gasteiger partial charge in [0.25, 0.3) is 5.91 Å². The number of nitrogens with zero attached hydrogens (tertiary/aromatic N) is 3. The third-order valence-electron chi connectivity index (χ3n) is 3.30. The fourth-order valence-corrected chi connectivity index (χ4v) is 2.72. The average molecular weight is 355 g/mol. The van der Waals surface area contributed by atoms with Gasteiger partial charge >= 0.3 is 0 Å². The Morgan fingerprint density at radius 3 is 2.39 bits per heavy atom. The van der Waals surface area contributed by atoms with E-state index in [9.17, 15) is 9.59 Å². The molecule has 1 aromatic carbocycles. The first-order chi connectivity index (χ1) is 8.59. The van der Waals surface area contributed by atoms with Crippen molar-refractivity contribution < 1.29 is 9.59 Å². The van der Waals surface area contributed by atoms with Crippen LogP contribution in [0.15, 0.2) is 34.5 Å². The van der Waals surface area contributed by atoms with Crippen molar-refractivity contribution in [2.24, 2.45) is 16.1 Å². The lowest BCUT2D eigenvalue weighted by atomic mass is 9.98. The first-order valence-corrected chi connectivity index (χ1v) is 6.71. The fourth-order valence-electron chi connectivity index (χ4n) is 2.36. The Morgan fingerprint density at radius 1 is 1.11 bits per heavy atom. The molecule has 18 heavy (non-hydrogen) atoms. The first-order valence-electron chi connectivity index (χ1n) is 5.63. The Balaban J connectivity index is 1.99. The van der Waals surface area contributed by atoms with Crippen molar-refractivity contribution in [1.29, 1.82) is 0 Å². The zero-order chi connectivity index (χ0) is 12.9. The van der Waals surface area contributed by atoms with E-state index in [4.69, 9.17) is 0 Å². The molecule has 3 unspecified atom stereocenters. The summed E-state index contributed by atoms with van der Waals surface area (Å²) in [5.74, 6) is -0.875. The summed E-state index contributed by atoms with van der Waals surface area (Å²) in [5.41, 5.74) is 0.613. The summed E-state index contributed by atoms with van der Waals surface area (Å²) in [4.78, 5) is 25.7. The van der Waals surface area contributed by atoms with Gasteiger partial charge in [0.15, 0.2) is 6.04 Å². The van der Waals surface area contributed by atoms with Gasteiger partial charge in [-0.2, -0.15) is 10.2 Å². The van der Waals surface area contributed by atoms with Gasteiger partial charge in [-0.05, 0) is 53.8 Å². The molecule has 92 valence electrons. The lowest BCUT2D eigenvalue weighted by molar-refractivity contribution is -0.122. The highest BCUT2D eigenvalue weighted by Gasteiger charge is 2.53. The molecular formula is C12H10IN3O2. The smallest absolute Gasteiger partial charge is 0.261 e. The third kappa shape index (κ3) is 1.58. The molecule has 6 heteroatoms. The van der Waals surface area contributed by atoms with Gasteiger partial charge in [-0.25, -0.2) is 4.90 Å². The van der Waals surface area contributed by atoms with Gasteiger partial charge in [0.2, 0.25) is 5.91 Å². The van der Waals surface area contributed by atoms with Crippen molar-refractivity contribution in [3.05, 3.63) is 27.8 Å². The highest BCUT2D eigenvalue weighted by atomic mass is 127. The van der Waals surface area contributed by atoms with Crippen LogP contribution >= 0.6 is 22.6 Å². The minimum atomic E-state index is -0.619. The van der Waals surface area contributed by atoms with Gasteiger partial charge in [0.1, 0.15) is 0 Å². The zero-order valence-corrected chi connectivity index (χ0v) is 11.7. The highest BCUT2D eigenvalue weighted by molar-refractivity contribution is 14.1. The Kier molecular flexibility index (Phi) is 2.69.